The maximum atomic E-state index is 11.1. The molecule has 0 heterocycles. The monoisotopic (exact) mass is 303 g/mol. The van der Waals surface area contributed by atoms with Crippen LogP contribution in [0.15, 0.2) is 47.4 Å². The second-order valence-electron chi connectivity index (χ2n) is 4.49. The van der Waals surface area contributed by atoms with Crippen LogP contribution in [0.4, 0.5) is 5.69 Å². The van der Waals surface area contributed by atoms with Crippen molar-refractivity contribution in [1.29, 1.82) is 0 Å². The van der Waals surface area contributed by atoms with Crippen molar-refractivity contribution in [3.05, 3.63) is 69.3 Å². The Labute approximate surface area is 125 Å². The Morgan fingerprint density at radius 1 is 1.24 bits per heavy atom. The normalized spacial score (nSPS) is 10.3. The number of non-ortho nitro benzene ring substituents is 1. The van der Waals surface area contributed by atoms with Gasteiger partial charge in [-0.3, -0.25) is 10.1 Å². The number of carbonyl (C=O) groups is 1. The standard InChI is InChI=1S/C15H13NO4S/c1-10-2-7-13(8-14(10)15(17)18)21-9-11-3-5-12(6-4-11)16(19)20/h2-8H,9H2,1H3,(H,17,18). The van der Waals surface area contributed by atoms with E-state index in [4.69, 9.17) is 5.11 Å². The minimum absolute atomic E-state index is 0.0623. The minimum atomic E-state index is -0.940. The first-order valence-corrected chi connectivity index (χ1v) is 7.16. The molecular weight excluding hydrogens is 290 g/mol. The molecule has 0 aromatic heterocycles. The number of aryl methyl sites for hydroxylation is 1. The number of nitro benzene ring substituents is 1. The predicted octanol–water partition coefficient (Wildman–Crippen LogP) is 3.89. The van der Waals surface area contributed by atoms with Crippen molar-refractivity contribution in [3.63, 3.8) is 0 Å². The summed E-state index contributed by atoms with van der Waals surface area (Å²) in [7, 11) is 0. The summed E-state index contributed by atoms with van der Waals surface area (Å²) in [5.41, 5.74) is 2.03. The van der Waals surface area contributed by atoms with Crippen LogP contribution in [0.25, 0.3) is 0 Å². The third-order valence-electron chi connectivity index (χ3n) is 2.99. The molecule has 0 fully saturated rings. The van der Waals surface area contributed by atoms with Gasteiger partial charge in [0.2, 0.25) is 0 Å². The van der Waals surface area contributed by atoms with Gasteiger partial charge in [-0.2, -0.15) is 0 Å². The van der Waals surface area contributed by atoms with Crippen molar-refractivity contribution in [2.45, 2.75) is 17.6 Å². The first kappa shape index (κ1) is 15.1. The van der Waals surface area contributed by atoms with Crippen LogP contribution in [-0.2, 0) is 5.75 Å². The van der Waals surface area contributed by atoms with Crippen LogP contribution < -0.4 is 0 Å². The molecule has 0 amide bonds. The zero-order valence-corrected chi connectivity index (χ0v) is 12.1. The molecule has 0 aliphatic heterocycles. The fourth-order valence-corrected chi connectivity index (χ4v) is 2.69. The highest BCUT2D eigenvalue weighted by atomic mass is 32.2. The summed E-state index contributed by atoms with van der Waals surface area (Å²) < 4.78 is 0. The summed E-state index contributed by atoms with van der Waals surface area (Å²) >= 11 is 1.49. The first-order valence-electron chi connectivity index (χ1n) is 6.17. The van der Waals surface area contributed by atoms with Gasteiger partial charge < -0.3 is 5.11 Å². The molecule has 6 heteroatoms. The second-order valence-corrected chi connectivity index (χ2v) is 5.54. The first-order chi connectivity index (χ1) is 9.97. The molecule has 1 N–H and O–H groups in total. The van der Waals surface area contributed by atoms with Crippen molar-refractivity contribution < 1.29 is 14.8 Å². The van der Waals surface area contributed by atoms with Gasteiger partial charge in [0.1, 0.15) is 0 Å². The SMILES string of the molecule is Cc1ccc(SCc2ccc([N+](=O)[O-])cc2)cc1C(=O)O. The zero-order valence-electron chi connectivity index (χ0n) is 11.3. The molecule has 0 atom stereocenters. The average molecular weight is 303 g/mol. The van der Waals surface area contributed by atoms with E-state index in [0.29, 0.717) is 11.3 Å². The number of aromatic carboxylic acids is 1. The fourth-order valence-electron chi connectivity index (χ4n) is 1.80. The van der Waals surface area contributed by atoms with Crippen LogP contribution in [0.2, 0.25) is 0 Å². The molecule has 0 saturated heterocycles. The van der Waals surface area contributed by atoms with Crippen molar-refractivity contribution >= 4 is 23.4 Å². The molecule has 0 spiro atoms. The topological polar surface area (TPSA) is 80.4 Å². The van der Waals surface area contributed by atoms with Gasteiger partial charge >= 0.3 is 5.97 Å². The molecule has 0 aliphatic rings. The third kappa shape index (κ3) is 3.82. The lowest BCUT2D eigenvalue weighted by molar-refractivity contribution is -0.384. The smallest absolute Gasteiger partial charge is 0.335 e. The van der Waals surface area contributed by atoms with Gasteiger partial charge in [-0.25, -0.2) is 4.79 Å². The summed E-state index contributed by atoms with van der Waals surface area (Å²) in [4.78, 5) is 22.1. The Morgan fingerprint density at radius 3 is 2.48 bits per heavy atom. The molecule has 0 aliphatic carbocycles. The summed E-state index contributed by atoms with van der Waals surface area (Å²) in [6.07, 6.45) is 0. The molecule has 5 nitrogen and oxygen atoms in total. The number of hydrogen-bond acceptors (Lipinski definition) is 4. The minimum Gasteiger partial charge on any atom is -0.478 e. The van der Waals surface area contributed by atoms with E-state index in [1.54, 1.807) is 31.2 Å². The number of carboxylic acid groups (broad SMARTS) is 1. The van der Waals surface area contributed by atoms with Crippen LogP contribution in [0.1, 0.15) is 21.5 Å². The number of nitrogens with zero attached hydrogens (tertiary/aromatic N) is 1. The predicted molar refractivity (Wildman–Crippen MR) is 80.8 cm³/mol. The molecule has 2 aromatic carbocycles. The third-order valence-corrected chi connectivity index (χ3v) is 4.06. The lowest BCUT2D eigenvalue weighted by Crippen LogP contribution is -1.99. The quantitative estimate of drug-likeness (QED) is 0.515. The van der Waals surface area contributed by atoms with Gasteiger partial charge in [0.15, 0.2) is 0 Å². The van der Waals surface area contributed by atoms with Crippen LogP contribution in [0.5, 0.6) is 0 Å². The van der Waals surface area contributed by atoms with Gasteiger partial charge in [0, 0.05) is 22.8 Å². The Hall–Kier alpha value is -2.34. The van der Waals surface area contributed by atoms with Crippen molar-refractivity contribution in [3.8, 4) is 0 Å². The summed E-state index contributed by atoms with van der Waals surface area (Å²) in [5, 5.41) is 19.7. The van der Waals surface area contributed by atoms with E-state index in [0.717, 1.165) is 16.0 Å². The average Bonchev–Trinajstić information content (AvgIpc) is 2.46. The number of hydrogen-bond donors (Lipinski definition) is 1. The fraction of sp³-hybridized carbons (Fsp3) is 0.133. The van der Waals surface area contributed by atoms with Gasteiger partial charge in [-0.15, -0.1) is 11.8 Å². The number of rotatable bonds is 5. The largest absolute Gasteiger partial charge is 0.478 e. The molecule has 21 heavy (non-hydrogen) atoms. The highest BCUT2D eigenvalue weighted by molar-refractivity contribution is 7.98. The molecule has 0 saturated carbocycles. The zero-order chi connectivity index (χ0) is 15.4. The highest BCUT2D eigenvalue weighted by Gasteiger charge is 2.09. The van der Waals surface area contributed by atoms with Crippen molar-refractivity contribution in [2.75, 3.05) is 0 Å². The molecular formula is C15H13NO4S. The summed E-state index contributed by atoms with van der Waals surface area (Å²) in [5.74, 6) is -0.314. The van der Waals surface area contributed by atoms with E-state index in [9.17, 15) is 14.9 Å². The lowest BCUT2D eigenvalue weighted by Gasteiger charge is -2.05. The van der Waals surface area contributed by atoms with E-state index in [1.807, 2.05) is 6.07 Å². The molecule has 0 radical (unpaired) electrons. The van der Waals surface area contributed by atoms with Gasteiger partial charge in [0.25, 0.3) is 5.69 Å². The van der Waals surface area contributed by atoms with Crippen LogP contribution in [0, 0.1) is 17.0 Å². The molecule has 2 aromatic rings. The van der Waals surface area contributed by atoms with Gasteiger partial charge in [0.05, 0.1) is 10.5 Å². The van der Waals surface area contributed by atoms with E-state index >= 15 is 0 Å². The molecule has 108 valence electrons. The van der Waals surface area contributed by atoms with E-state index in [-0.39, 0.29) is 5.69 Å². The number of carboxylic acids is 1. The molecule has 2 rings (SSSR count). The van der Waals surface area contributed by atoms with Gasteiger partial charge in [-0.05, 0) is 30.2 Å². The maximum absolute atomic E-state index is 11.1. The van der Waals surface area contributed by atoms with E-state index in [1.165, 1.54) is 23.9 Å². The van der Waals surface area contributed by atoms with Crippen LogP contribution >= 0.6 is 11.8 Å². The molecule has 0 bridgehead atoms. The Morgan fingerprint density at radius 2 is 1.90 bits per heavy atom. The summed E-state index contributed by atoms with van der Waals surface area (Å²) in [6.45, 7) is 1.76. The lowest BCUT2D eigenvalue weighted by atomic mass is 10.1. The van der Waals surface area contributed by atoms with E-state index < -0.39 is 10.9 Å². The Balaban J connectivity index is 2.07. The van der Waals surface area contributed by atoms with Gasteiger partial charge in [-0.1, -0.05) is 18.2 Å². The highest BCUT2D eigenvalue weighted by Crippen LogP contribution is 2.26. The summed E-state index contributed by atoms with van der Waals surface area (Å²) in [6, 6.07) is 11.6. The van der Waals surface area contributed by atoms with Crippen LogP contribution in [0.3, 0.4) is 0 Å². The number of thioether (sulfide) groups is 1. The molecule has 0 unspecified atom stereocenters. The second kappa shape index (κ2) is 6.41. The van der Waals surface area contributed by atoms with E-state index in [2.05, 4.69) is 0 Å². The maximum Gasteiger partial charge on any atom is 0.335 e. The Kier molecular flexibility index (Phi) is 4.59. The number of nitro groups is 1. The Bertz CT molecular complexity index is 683. The number of benzene rings is 2. The van der Waals surface area contributed by atoms with Crippen LogP contribution in [-0.4, -0.2) is 16.0 Å². The van der Waals surface area contributed by atoms with Crippen molar-refractivity contribution in [1.82, 2.24) is 0 Å². The van der Waals surface area contributed by atoms with Crippen molar-refractivity contribution in [2.24, 2.45) is 0 Å².